The Kier molecular flexibility index (Phi) is 5.86. The van der Waals surface area contributed by atoms with Gasteiger partial charge in [-0.3, -0.25) is 4.79 Å². The fraction of sp³-hybridized carbons (Fsp3) is 0.562. The highest BCUT2D eigenvalue weighted by Crippen LogP contribution is 2.24. The minimum Gasteiger partial charge on any atom is -0.397 e. The number of hydrogen-bond acceptors (Lipinski definition) is 3. The van der Waals surface area contributed by atoms with E-state index in [9.17, 15) is 4.79 Å². The normalized spacial score (nSPS) is 11.2. The van der Waals surface area contributed by atoms with Gasteiger partial charge in [-0.2, -0.15) is 0 Å². The second kappa shape index (κ2) is 7.17. The van der Waals surface area contributed by atoms with Crippen molar-refractivity contribution in [2.24, 2.45) is 17.8 Å². The molecular weight excluding hydrogens is 250 g/mol. The van der Waals surface area contributed by atoms with Gasteiger partial charge in [-0.15, -0.1) is 0 Å². The van der Waals surface area contributed by atoms with Crippen molar-refractivity contribution in [3.63, 3.8) is 0 Å². The fourth-order valence-electron chi connectivity index (χ4n) is 2.48. The van der Waals surface area contributed by atoms with E-state index in [0.717, 1.165) is 12.2 Å². The Balaban J connectivity index is 2.76. The molecule has 0 aliphatic heterocycles. The van der Waals surface area contributed by atoms with Crippen LogP contribution >= 0.6 is 0 Å². The van der Waals surface area contributed by atoms with Crippen molar-refractivity contribution >= 4 is 17.3 Å². The zero-order chi connectivity index (χ0) is 15.3. The minimum atomic E-state index is -0.120. The summed E-state index contributed by atoms with van der Waals surface area (Å²) >= 11 is 0. The van der Waals surface area contributed by atoms with Crippen molar-refractivity contribution in [1.82, 2.24) is 5.32 Å². The first-order chi connectivity index (χ1) is 9.36. The van der Waals surface area contributed by atoms with Crippen LogP contribution in [0.2, 0.25) is 0 Å². The maximum atomic E-state index is 11.5. The molecule has 20 heavy (non-hydrogen) atoms. The van der Waals surface area contributed by atoms with E-state index in [2.05, 4.69) is 38.3 Å². The van der Waals surface area contributed by atoms with E-state index < -0.39 is 0 Å². The number of carbonyl (C=O) groups is 1. The first kappa shape index (κ1) is 16.3. The van der Waals surface area contributed by atoms with Gasteiger partial charge in [0.15, 0.2) is 0 Å². The van der Waals surface area contributed by atoms with Gasteiger partial charge in [-0.05, 0) is 36.0 Å². The van der Waals surface area contributed by atoms with E-state index in [1.807, 2.05) is 6.07 Å². The van der Waals surface area contributed by atoms with Gasteiger partial charge in [-0.25, -0.2) is 0 Å². The van der Waals surface area contributed by atoms with E-state index in [0.29, 0.717) is 29.0 Å². The van der Waals surface area contributed by atoms with Crippen LogP contribution in [0.3, 0.4) is 0 Å². The molecule has 0 aliphatic carbocycles. The monoisotopic (exact) mass is 277 g/mol. The molecule has 4 N–H and O–H groups in total. The second-order valence-electron chi connectivity index (χ2n) is 5.91. The molecule has 112 valence electrons. The zero-order valence-corrected chi connectivity index (χ0v) is 13.2. The third kappa shape index (κ3) is 4.15. The molecule has 1 amide bonds. The summed E-state index contributed by atoms with van der Waals surface area (Å²) in [6.45, 7) is 9.85. The molecule has 0 atom stereocenters. The molecule has 0 saturated heterocycles. The molecular formula is C16H27N3O. The average molecular weight is 277 g/mol. The molecule has 0 fully saturated rings. The van der Waals surface area contributed by atoms with Gasteiger partial charge in [-0.1, -0.05) is 27.7 Å². The number of rotatable bonds is 6. The number of nitrogens with one attached hydrogen (secondary N) is 2. The van der Waals surface area contributed by atoms with E-state index in [1.54, 1.807) is 19.2 Å². The molecule has 0 aliphatic rings. The Morgan fingerprint density at radius 2 is 1.80 bits per heavy atom. The number of hydrogen-bond donors (Lipinski definition) is 3. The summed E-state index contributed by atoms with van der Waals surface area (Å²) in [4.78, 5) is 11.5. The molecule has 1 aromatic carbocycles. The molecule has 0 bridgehead atoms. The fourth-order valence-corrected chi connectivity index (χ4v) is 2.48. The average Bonchev–Trinajstić information content (AvgIpc) is 2.38. The molecule has 1 rings (SSSR count). The zero-order valence-electron chi connectivity index (χ0n) is 13.2. The number of amides is 1. The lowest BCUT2D eigenvalue weighted by molar-refractivity contribution is 0.0963. The van der Waals surface area contributed by atoms with Crippen LogP contribution in [0.25, 0.3) is 0 Å². The lowest BCUT2D eigenvalue weighted by Gasteiger charge is -2.26. The summed E-state index contributed by atoms with van der Waals surface area (Å²) in [5.74, 6) is 1.71. The van der Waals surface area contributed by atoms with Gasteiger partial charge in [0.1, 0.15) is 0 Å². The van der Waals surface area contributed by atoms with Gasteiger partial charge in [0, 0.05) is 19.2 Å². The summed E-state index contributed by atoms with van der Waals surface area (Å²) < 4.78 is 0. The van der Waals surface area contributed by atoms with Crippen LogP contribution in [0.15, 0.2) is 18.2 Å². The Morgan fingerprint density at radius 3 is 2.25 bits per heavy atom. The van der Waals surface area contributed by atoms with Crippen LogP contribution in [0, 0.1) is 17.8 Å². The third-order valence-corrected chi connectivity index (χ3v) is 3.78. The van der Waals surface area contributed by atoms with Crippen molar-refractivity contribution in [2.75, 3.05) is 24.6 Å². The van der Waals surface area contributed by atoms with Crippen LogP contribution in [-0.4, -0.2) is 19.5 Å². The standard InChI is InChI=1S/C16H27N3O/c1-10(2)13(11(3)4)9-19-15-7-6-12(8-14(15)17)16(20)18-5/h6-8,10-11,13,19H,9,17H2,1-5H3,(H,18,20). The molecule has 0 saturated carbocycles. The van der Waals surface area contributed by atoms with Crippen molar-refractivity contribution in [3.8, 4) is 0 Å². The first-order valence-corrected chi connectivity index (χ1v) is 7.22. The predicted molar refractivity (Wildman–Crippen MR) is 85.9 cm³/mol. The molecule has 0 spiro atoms. The van der Waals surface area contributed by atoms with E-state index >= 15 is 0 Å². The highest BCUT2D eigenvalue weighted by molar-refractivity contribution is 5.95. The summed E-state index contributed by atoms with van der Waals surface area (Å²) in [5.41, 5.74) is 8.09. The van der Waals surface area contributed by atoms with Gasteiger partial charge in [0.05, 0.1) is 11.4 Å². The van der Waals surface area contributed by atoms with Crippen molar-refractivity contribution < 1.29 is 4.79 Å². The summed E-state index contributed by atoms with van der Waals surface area (Å²) in [5, 5.41) is 6.00. The molecule has 0 unspecified atom stereocenters. The highest BCUT2D eigenvalue weighted by atomic mass is 16.1. The lowest BCUT2D eigenvalue weighted by Crippen LogP contribution is -2.25. The molecule has 0 aromatic heterocycles. The van der Waals surface area contributed by atoms with Gasteiger partial charge >= 0.3 is 0 Å². The van der Waals surface area contributed by atoms with Crippen LogP contribution < -0.4 is 16.4 Å². The number of anilines is 2. The maximum Gasteiger partial charge on any atom is 0.251 e. The third-order valence-electron chi connectivity index (χ3n) is 3.78. The van der Waals surface area contributed by atoms with Crippen LogP contribution in [0.4, 0.5) is 11.4 Å². The summed E-state index contributed by atoms with van der Waals surface area (Å²) in [7, 11) is 1.61. The minimum absolute atomic E-state index is 0.120. The largest absolute Gasteiger partial charge is 0.397 e. The molecule has 4 nitrogen and oxygen atoms in total. The SMILES string of the molecule is CNC(=O)c1ccc(NCC(C(C)C)C(C)C)c(N)c1. The van der Waals surface area contributed by atoms with Crippen molar-refractivity contribution in [3.05, 3.63) is 23.8 Å². The highest BCUT2D eigenvalue weighted by Gasteiger charge is 2.17. The van der Waals surface area contributed by atoms with Gasteiger partial charge < -0.3 is 16.4 Å². The molecule has 0 heterocycles. The molecule has 4 heteroatoms. The second-order valence-corrected chi connectivity index (χ2v) is 5.91. The van der Waals surface area contributed by atoms with Crippen LogP contribution in [-0.2, 0) is 0 Å². The maximum absolute atomic E-state index is 11.5. The smallest absolute Gasteiger partial charge is 0.251 e. The Hall–Kier alpha value is -1.71. The number of benzene rings is 1. The van der Waals surface area contributed by atoms with E-state index in [-0.39, 0.29) is 5.91 Å². The summed E-state index contributed by atoms with van der Waals surface area (Å²) in [6.07, 6.45) is 0. The van der Waals surface area contributed by atoms with Crippen LogP contribution in [0.1, 0.15) is 38.1 Å². The van der Waals surface area contributed by atoms with Crippen molar-refractivity contribution in [1.29, 1.82) is 0 Å². The van der Waals surface area contributed by atoms with Gasteiger partial charge in [0.2, 0.25) is 0 Å². The number of carbonyl (C=O) groups excluding carboxylic acids is 1. The van der Waals surface area contributed by atoms with E-state index in [1.165, 1.54) is 0 Å². The van der Waals surface area contributed by atoms with Gasteiger partial charge in [0.25, 0.3) is 5.91 Å². The Bertz CT molecular complexity index is 447. The summed E-state index contributed by atoms with van der Waals surface area (Å²) in [6, 6.07) is 5.37. The quantitative estimate of drug-likeness (QED) is 0.700. The Morgan fingerprint density at radius 1 is 1.20 bits per heavy atom. The first-order valence-electron chi connectivity index (χ1n) is 7.22. The topological polar surface area (TPSA) is 67.2 Å². The van der Waals surface area contributed by atoms with Crippen molar-refractivity contribution in [2.45, 2.75) is 27.7 Å². The molecule has 0 radical (unpaired) electrons. The van der Waals surface area contributed by atoms with E-state index in [4.69, 9.17) is 5.73 Å². The lowest BCUT2D eigenvalue weighted by atomic mass is 9.85. The Labute approximate surface area is 122 Å². The number of nitrogen functional groups attached to an aromatic ring is 1. The number of nitrogens with two attached hydrogens (primary N) is 1. The predicted octanol–water partition coefficient (Wildman–Crippen LogP) is 2.97. The molecule has 1 aromatic rings. The van der Waals surface area contributed by atoms with Crippen LogP contribution in [0.5, 0.6) is 0 Å².